The lowest BCUT2D eigenvalue weighted by molar-refractivity contribution is 0.0950. The van der Waals surface area contributed by atoms with Gasteiger partial charge in [0.05, 0.1) is 5.56 Å². The van der Waals surface area contributed by atoms with Crippen molar-refractivity contribution in [3.8, 4) is 0 Å². The third kappa shape index (κ3) is 2.83. The first-order chi connectivity index (χ1) is 8.68. The quantitative estimate of drug-likeness (QED) is 0.849. The van der Waals surface area contributed by atoms with Crippen molar-refractivity contribution in [3.63, 3.8) is 0 Å². The van der Waals surface area contributed by atoms with Crippen molar-refractivity contribution in [2.75, 3.05) is 19.6 Å². The van der Waals surface area contributed by atoms with Crippen molar-refractivity contribution in [1.82, 2.24) is 15.2 Å². The van der Waals surface area contributed by atoms with Gasteiger partial charge in [0.1, 0.15) is 0 Å². The van der Waals surface area contributed by atoms with Gasteiger partial charge >= 0.3 is 0 Å². The Kier molecular flexibility index (Phi) is 3.87. The van der Waals surface area contributed by atoms with Crippen LogP contribution in [0.4, 0.5) is 0 Å². The van der Waals surface area contributed by atoms with Crippen LogP contribution >= 0.6 is 0 Å². The van der Waals surface area contributed by atoms with Gasteiger partial charge in [-0.15, -0.1) is 0 Å². The molecule has 0 aromatic carbocycles. The number of nitrogens with one attached hydrogen (secondary N) is 2. The average Bonchev–Trinajstić information content (AvgIpc) is 2.70. The summed E-state index contributed by atoms with van der Waals surface area (Å²) < 4.78 is 0. The summed E-state index contributed by atoms with van der Waals surface area (Å²) in [6.07, 6.45) is 10.0. The first kappa shape index (κ1) is 12.5. The van der Waals surface area contributed by atoms with E-state index in [4.69, 9.17) is 0 Å². The number of amides is 1. The Morgan fingerprint density at radius 3 is 2.89 bits per heavy atom. The highest BCUT2D eigenvalue weighted by molar-refractivity contribution is 5.96. The molecule has 1 aliphatic heterocycles. The molecule has 0 unspecified atom stereocenters. The minimum atomic E-state index is 0.00258. The highest BCUT2D eigenvalue weighted by atomic mass is 16.1. The molecule has 2 rings (SSSR count). The van der Waals surface area contributed by atoms with E-state index < -0.39 is 0 Å². The summed E-state index contributed by atoms with van der Waals surface area (Å²) in [7, 11) is 0. The van der Waals surface area contributed by atoms with Crippen LogP contribution in [0, 0.1) is 13.8 Å². The van der Waals surface area contributed by atoms with Crippen molar-refractivity contribution in [3.05, 3.63) is 47.4 Å². The average molecular weight is 245 g/mol. The van der Waals surface area contributed by atoms with Crippen LogP contribution in [0.25, 0.3) is 0 Å². The Bertz CT molecular complexity index is 466. The van der Waals surface area contributed by atoms with E-state index in [-0.39, 0.29) is 5.91 Å². The fourth-order valence-corrected chi connectivity index (χ4v) is 2.08. The van der Waals surface area contributed by atoms with Crippen molar-refractivity contribution < 1.29 is 4.79 Å². The predicted octanol–water partition coefficient (Wildman–Crippen LogP) is 1.75. The zero-order valence-corrected chi connectivity index (χ0v) is 10.9. The molecule has 0 spiro atoms. The van der Waals surface area contributed by atoms with Gasteiger partial charge in [-0.1, -0.05) is 12.2 Å². The Morgan fingerprint density at radius 1 is 1.44 bits per heavy atom. The van der Waals surface area contributed by atoms with Gasteiger partial charge in [0, 0.05) is 31.5 Å². The summed E-state index contributed by atoms with van der Waals surface area (Å²) in [4.78, 5) is 17.2. The molecule has 1 aliphatic rings. The molecule has 0 aliphatic carbocycles. The van der Waals surface area contributed by atoms with E-state index in [0.29, 0.717) is 6.54 Å². The van der Waals surface area contributed by atoms with E-state index in [9.17, 15) is 4.79 Å². The maximum absolute atomic E-state index is 12.0. The van der Waals surface area contributed by atoms with E-state index in [2.05, 4.69) is 21.3 Å². The molecule has 4 heteroatoms. The van der Waals surface area contributed by atoms with Gasteiger partial charge in [-0.3, -0.25) is 4.79 Å². The van der Waals surface area contributed by atoms with Gasteiger partial charge in [-0.05, 0) is 31.7 Å². The van der Waals surface area contributed by atoms with Crippen LogP contribution in [-0.2, 0) is 0 Å². The first-order valence-corrected chi connectivity index (χ1v) is 6.18. The summed E-state index contributed by atoms with van der Waals surface area (Å²) in [5.41, 5.74) is 2.68. The number of aryl methyl sites for hydroxylation is 2. The zero-order chi connectivity index (χ0) is 13.0. The van der Waals surface area contributed by atoms with Crippen molar-refractivity contribution in [2.45, 2.75) is 13.8 Å². The molecule has 0 fully saturated rings. The zero-order valence-electron chi connectivity index (χ0n) is 10.9. The molecule has 96 valence electrons. The van der Waals surface area contributed by atoms with Gasteiger partial charge < -0.3 is 15.2 Å². The van der Waals surface area contributed by atoms with Gasteiger partial charge in [-0.2, -0.15) is 0 Å². The molecule has 4 nitrogen and oxygen atoms in total. The molecule has 2 N–H and O–H groups in total. The van der Waals surface area contributed by atoms with Crippen LogP contribution in [0.15, 0.2) is 30.6 Å². The molecule has 0 atom stereocenters. The number of allylic oxidation sites excluding steroid dienone is 2. The minimum Gasteiger partial charge on any atom is -0.372 e. The SMILES string of the molecule is Cc1c[nH]c(C)c1C(=O)NCCN1C=CC=CC1. The van der Waals surface area contributed by atoms with Gasteiger partial charge in [0.2, 0.25) is 0 Å². The molecular weight excluding hydrogens is 226 g/mol. The number of H-pyrrole nitrogens is 1. The van der Waals surface area contributed by atoms with E-state index in [0.717, 1.165) is 29.9 Å². The molecule has 1 amide bonds. The molecule has 0 saturated carbocycles. The lowest BCUT2D eigenvalue weighted by atomic mass is 10.1. The van der Waals surface area contributed by atoms with Crippen LogP contribution in [0.3, 0.4) is 0 Å². The van der Waals surface area contributed by atoms with Crippen molar-refractivity contribution in [1.29, 1.82) is 0 Å². The number of aromatic nitrogens is 1. The van der Waals surface area contributed by atoms with Crippen LogP contribution < -0.4 is 5.32 Å². The lowest BCUT2D eigenvalue weighted by Gasteiger charge is -2.20. The number of hydrogen-bond donors (Lipinski definition) is 2. The fraction of sp³-hybridized carbons (Fsp3) is 0.357. The molecule has 0 saturated heterocycles. The molecule has 1 aromatic rings. The molecule has 0 radical (unpaired) electrons. The summed E-state index contributed by atoms with van der Waals surface area (Å²) in [6, 6.07) is 0. The molecule has 18 heavy (non-hydrogen) atoms. The number of aromatic amines is 1. The number of carbonyl (C=O) groups excluding carboxylic acids is 1. The Hall–Kier alpha value is -1.97. The normalized spacial score (nSPS) is 14.0. The third-order valence-corrected chi connectivity index (χ3v) is 3.07. The highest BCUT2D eigenvalue weighted by Gasteiger charge is 2.13. The van der Waals surface area contributed by atoms with Gasteiger partial charge in [0.15, 0.2) is 0 Å². The molecule has 1 aromatic heterocycles. The number of rotatable bonds is 4. The van der Waals surface area contributed by atoms with Crippen LogP contribution in [0.5, 0.6) is 0 Å². The summed E-state index contributed by atoms with van der Waals surface area (Å²) in [6.45, 7) is 6.25. The monoisotopic (exact) mass is 245 g/mol. The van der Waals surface area contributed by atoms with Crippen LogP contribution in [0.1, 0.15) is 21.6 Å². The number of nitrogens with zero attached hydrogens (tertiary/aromatic N) is 1. The van der Waals surface area contributed by atoms with E-state index in [1.165, 1.54) is 0 Å². The Balaban J connectivity index is 1.82. The maximum Gasteiger partial charge on any atom is 0.253 e. The minimum absolute atomic E-state index is 0.00258. The second-order valence-corrected chi connectivity index (χ2v) is 4.49. The maximum atomic E-state index is 12.0. The third-order valence-electron chi connectivity index (χ3n) is 3.07. The molecule has 0 bridgehead atoms. The van der Waals surface area contributed by atoms with Crippen LogP contribution in [-0.4, -0.2) is 35.4 Å². The first-order valence-electron chi connectivity index (χ1n) is 6.18. The second kappa shape index (κ2) is 5.58. The lowest BCUT2D eigenvalue weighted by Crippen LogP contribution is -2.33. The van der Waals surface area contributed by atoms with Gasteiger partial charge in [-0.25, -0.2) is 0 Å². The second-order valence-electron chi connectivity index (χ2n) is 4.49. The largest absolute Gasteiger partial charge is 0.372 e. The van der Waals surface area contributed by atoms with Crippen molar-refractivity contribution in [2.24, 2.45) is 0 Å². The topological polar surface area (TPSA) is 48.1 Å². The molecule has 2 heterocycles. The Labute approximate surface area is 107 Å². The number of hydrogen-bond acceptors (Lipinski definition) is 2. The standard InChI is InChI=1S/C14H19N3O/c1-11-10-16-12(2)13(11)14(18)15-6-9-17-7-4-3-5-8-17/h3-5,7,10,16H,6,8-9H2,1-2H3,(H,15,18). The summed E-state index contributed by atoms with van der Waals surface area (Å²) in [5.74, 6) is 0.00258. The fourth-order valence-electron chi connectivity index (χ4n) is 2.08. The Morgan fingerprint density at radius 2 is 2.28 bits per heavy atom. The predicted molar refractivity (Wildman–Crippen MR) is 72.5 cm³/mol. The van der Waals surface area contributed by atoms with E-state index in [1.54, 1.807) is 0 Å². The van der Waals surface area contributed by atoms with Crippen LogP contribution in [0.2, 0.25) is 0 Å². The highest BCUT2D eigenvalue weighted by Crippen LogP contribution is 2.11. The number of carbonyl (C=O) groups is 1. The summed E-state index contributed by atoms with van der Waals surface area (Å²) >= 11 is 0. The van der Waals surface area contributed by atoms with Crippen molar-refractivity contribution >= 4 is 5.91 Å². The van der Waals surface area contributed by atoms with E-state index in [1.807, 2.05) is 38.4 Å². The summed E-state index contributed by atoms with van der Waals surface area (Å²) in [5, 5.41) is 2.96. The molecular formula is C14H19N3O. The smallest absolute Gasteiger partial charge is 0.253 e. The van der Waals surface area contributed by atoms with Gasteiger partial charge in [0.25, 0.3) is 5.91 Å². The van der Waals surface area contributed by atoms with E-state index >= 15 is 0 Å².